The van der Waals surface area contributed by atoms with Gasteiger partial charge in [0.15, 0.2) is 0 Å². The van der Waals surface area contributed by atoms with Crippen LogP contribution in [0.15, 0.2) is 30.3 Å². The second-order valence-corrected chi connectivity index (χ2v) is 5.38. The Labute approximate surface area is 110 Å². The smallest absolute Gasteiger partial charge is 0.145 e. The van der Waals surface area contributed by atoms with Gasteiger partial charge in [-0.1, -0.05) is 12.1 Å². The van der Waals surface area contributed by atoms with Crippen LogP contribution in [0.4, 0.5) is 4.39 Å². The standard InChI is InChI=1S/C14H13FN2S/c1-10-5-6-13(18-10)9-17-8-12-4-2-3-11(7-16)14(12)15/h2-6,17H,8-9H2,1H3. The molecule has 0 aliphatic rings. The van der Waals surface area contributed by atoms with Crippen molar-refractivity contribution < 1.29 is 4.39 Å². The molecule has 4 heteroatoms. The van der Waals surface area contributed by atoms with E-state index in [1.165, 1.54) is 15.8 Å². The van der Waals surface area contributed by atoms with Gasteiger partial charge in [0.25, 0.3) is 0 Å². The molecule has 0 spiro atoms. The lowest BCUT2D eigenvalue weighted by Gasteiger charge is -2.05. The Bertz CT molecular complexity index is 584. The molecule has 0 atom stereocenters. The van der Waals surface area contributed by atoms with Crippen LogP contribution in [0.5, 0.6) is 0 Å². The SMILES string of the molecule is Cc1ccc(CNCc2cccc(C#N)c2F)s1. The zero-order valence-electron chi connectivity index (χ0n) is 10.0. The number of rotatable bonds is 4. The highest BCUT2D eigenvalue weighted by molar-refractivity contribution is 7.11. The van der Waals surface area contributed by atoms with Crippen LogP contribution in [0.2, 0.25) is 0 Å². The molecule has 0 fully saturated rings. The molecule has 1 N–H and O–H groups in total. The van der Waals surface area contributed by atoms with Crippen LogP contribution < -0.4 is 5.32 Å². The van der Waals surface area contributed by atoms with E-state index in [0.29, 0.717) is 18.7 Å². The molecule has 18 heavy (non-hydrogen) atoms. The summed E-state index contributed by atoms with van der Waals surface area (Å²) in [6, 6.07) is 10.9. The van der Waals surface area contributed by atoms with E-state index in [1.807, 2.05) is 6.07 Å². The summed E-state index contributed by atoms with van der Waals surface area (Å²) in [7, 11) is 0. The molecule has 0 saturated heterocycles. The number of nitrogens with zero attached hydrogens (tertiary/aromatic N) is 1. The van der Waals surface area contributed by atoms with Crippen molar-refractivity contribution in [1.82, 2.24) is 5.32 Å². The van der Waals surface area contributed by atoms with Crippen LogP contribution >= 0.6 is 11.3 Å². The Morgan fingerprint density at radius 1 is 1.28 bits per heavy atom. The fourth-order valence-corrected chi connectivity index (χ4v) is 2.56. The number of nitrogens with one attached hydrogen (secondary N) is 1. The van der Waals surface area contributed by atoms with E-state index in [-0.39, 0.29) is 5.56 Å². The molecular formula is C14H13FN2S. The predicted molar refractivity (Wildman–Crippen MR) is 70.7 cm³/mol. The number of hydrogen-bond donors (Lipinski definition) is 1. The molecule has 0 aliphatic carbocycles. The summed E-state index contributed by atoms with van der Waals surface area (Å²) in [5.41, 5.74) is 0.628. The van der Waals surface area contributed by atoms with Gasteiger partial charge in [-0.15, -0.1) is 11.3 Å². The highest BCUT2D eigenvalue weighted by atomic mass is 32.1. The Balaban J connectivity index is 1.97. The lowest BCUT2D eigenvalue weighted by atomic mass is 10.1. The van der Waals surface area contributed by atoms with E-state index >= 15 is 0 Å². The number of aryl methyl sites for hydroxylation is 1. The molecule has 0 radical (unpaired) electrons. The van der Waals surface area contributed by atoms with Gasteiger partial charge in [0, 0.05) is 28.4 Å². The summed E-state index contributed by atoms with van der Waals surface area (Å²) < 4.78 is 13.7. The molecule has 0 saturated carbocycles. The van der Waals surface area contributed by atoms with E-state index in [0.717, 1.165) is 0 Å². The minimum atomic E-state index is -0.421. The van der Waals surface area contributed by atoms with E-state index in [2.05, 4.69) is 24.4 Å². The molecule has 2 nitrogen and oxygen atoms in total. The Morgan fingerprint density at radius 3 is 2.78 bits per heavy atom. The monoisotopic (exact) mass is 260 g/mol. The highest BCUT2D eigenvalue weighted by Gasteiger charge is 2.06. The van der Waals surface area contributed by atoms with Crippen molar-refractivity contribution in [3.63, 3.8) is 0 Å². The average Bonchev–Trinajstić information content (AvgIpc) is 2.77. The zero-order valence-corrected chi connectivity index (χ0v) is 10.9. The molecular weight excluding hydrogens is 247 g/mol. The minimum absolute atomic E-state index is 0.0984. The second-order valence-electron chi connectivity index (χ2n) is 4.01. The van der Waals surface area contributed by atoms with Gasteiger partial charge in [-0.25, -0.2) is 4.39 Å². The van der Waals surface area contributed by atoms with Crippen molar-refractivity contribution >= 4 is 11.3 Å². The average molecular weight is 260 g/mol. The molecule has 2 aromatic rings. The maximum absolute atomic E-state index is 13.7. The van der Waals surface area contributed by atoms with Crippen molar-refractivity contribution in [2.24, 2.45) is 0 Å². The van der Waals surface area contributed by atoms with E-state index < -0.39 is 5.82 Å². The number of nitriles is 1. The maximum atomic E-state index is 13.7. The first-order valence-electron chi connectivity index (χ1n) is 5.64. The van der Waals surface area contributed by atoms with Crippen LogP contribution in [-0.4, -0.2) is 0 Å². The number of hydrogen-bond acceptors (Lipinski definition) is 3. The third-order valence-corrected chi connectivity index (χ3v) is 3.61. The quantitative estimate of drug-likeness (QED) is 0.915. The normalized spacial score (nSPS) is 10.3. The van der Waals surface area contributed by atoms with E-state index in [9.17, 15) is 4.39 Å². The molecule has 1 aromatic heterocycles. The summed E-state index contributed by atoms with van der Waals surface area (Å²) in [6.45, 7) is 3.21. The number of halogens is 1. The van der Waals surface area contributed by atoms with Gasteiger partial charge in [-0.2, -0.15) is 5.26 Å². The first kappa shape index (κ1) is 12.7. The third kappa shape index (κ3) is 2.95. The molecule has 1 heterocycles. The van der Waals surface area contributed by atoms with Gasteiger partial charge < -0.3 is 5.32 Å². The zero-order chi connectivity index (χ0) is 13.0. The summed E-state index contributed by atoms with van der Waals surface area (Å²) in [4.78, 5) is 2.49. The molecule has 0 aliphatic heterocycles. The van der Waals surface area contributed by atoms with Crippen LogP contribution in [0.1, 0.15) is 20.9 Å². The van der Waals surface area contributed by atoms with Crippen molar-refractivity contribution in [3.8, 4) is 6.07 Å². The second kappa shape index (κ2) is 5.76. The summed E-state index contributed by atoms with van der Waals surface area (Å²) in [6.07, 6.45) is 0. The molecule has 0 amide bonds. The van der Waals surface area contributed by atoms with E-state index in [4.69, 9.17) is 5.26 Å². The van der Waals surface area contributed by atoms with Crippen LogP contribution in [0.3, 0.4) is 0 Å². The fraction of sp³-hybridized carbons (Fsp3) is 0.214. The summed E-state index contributed by atoms with van der Waals surface area (Å²) in [5, 5.41) is 11.9. The van der Waals surface area contributed by atoms with Gasteiger partial charge >= 0.3 is 0 Å². The van der Waals surface area contributed by atoms with Gasteiger partial charge in [0.2, 0.25) is 0 Å². The van der Waals surface area contributed by atoms with E-state index in [1.54, 1.807) is 23.5 Å². The lowest BCUT2D eigenvalue weighted by Crippen LogP contribution is -2.13. The third-order valence-electron chi connectivity index (χ3n) is 2.61. The first-order valence-corrected chi connectivity index (χ1v) is 6.46. The number of thiophene rings is 1. The Kier molecular flexibility index (Phi) is 4.08. The van der Waals surface area contributed by atoms with Crippen LogP contribution in [0.25, 0.3) is 0 Å². The molecule has 0 unspecified atom stereocenters. The van der Waals surface area contributed by atoms with Crippen LogP contribution in [-0.2, 0) is 13.1 Å². The number of benzene rings is 1. The van der Waals surface area contributed by atoms with Crippen molar-refractivity contribution in [1.29, 1.82) is 5.26 Å². The van der Waals surface area contributed by atoms with Crippen molar-refractivity contribution in [2.75, 3.05) is 0 Å². The van der Waals surface area contributed by atoms with Crippen LogP contribution in [0, 0.1) is 24.1 Å². The van der Waals surface area contributed by atoms with Crippen molar-refractivity contribution in [3.05, 3.63) is 57.0 Å². The minimum Gasteiger partial charge on any atom is -0.308 e. The summed E-state index contributed by atoms with van der Waals surface area (Å²) >= 11 is 1.73. The van der Waals surface area contributed by atoms with Gasteiger partial charge in [0.1, 0.15) is 11.9 Å². The first-order chi connectivity index (χ1) is 8.70. The van der Waals surface area contributed by atoms with Gasteiger partial charge in [-0.05, 0) is 25.1 Å². The largest absolute Gasteiger partial charge is 0.308 e. The van der Waals surface area contributed by atoms with Crippen molar-refractivity contribution in [2.45, 2.75) is 20.0 Å². The molecule has 1 aromatic carbocycles. The summed E-state index contributed by atoms with van der Waals surface area (Å²) in [5.74, 6) is -0.421. The Morgan fingerprint density at radius 2 is 2.11 bits per heavy atom. The molecule has 2 rings (SSSR count). The topological polar surface area (TPSA) is 35.8 Å². The van der Waals surface area contributed by atoms with Gasteiger partial charge in [0.05, 0.1) is 5.56 Å². The Hall–Kier alpha value is -1.70. The highest BCUT2D eigenvalue weighted by Crippen LogP contribution is 2.15. The fourth-order valence-electron chi connectivity index (χ4n) is 1.70. The van der Waals surface area contributed by atoms with Gasteiger partial charge in [-0.3, -0.25) is 0 Å². The molecule has 92 valence electrons. The molecule has 0 bridgehead atoms. The predicted octanol–water partition coefficient (Wildman–Crippen LogP) is 3.36. The lowest BCUT2D eigenvalue weighted by molar-refractivity contribution is 0.586. The maximum Gasteiger partial charge on any atom is 0.145 e.